The Labute approximate surface area is 155 Å². The molecule has 136 valence electrons. The molecule has 26 heavy (non-hydrogen) atoms. The third-order valence-electron chi connectivity index (χ3n) is 4.76. The van der Waals surface area contributed by atoms with E-state index in [-0.39, 0.29) is 5.91 Å². The van der Waals surface area contributed by atoms with E-state index in [0.29, 0.717) is 23.6 Å². The molecule has 0 saturated carbocycles. The van der Waals surface area contributed by atoms with Gasteiger partial charge in [0, 0.05) is 29.7 Å². The van der Waals surface area contributed by atoms with Crippen LogP contribution in [0.2, 0.25) is 0 Å². The van der Waals surface area contributed by atoms with Crippen LogP contribution in [0.25, 0.3) is 11.3 Å². The largest absolute Gasteiger partial charge is 0.361 e. The molecule has 4 rings (SSSR count). The average molecular weight is 371 g/mol. The van der Waals surface area contributed by atoms with Crippen molar-refractivity contribution < 1.29 is 9.32 Å². The maximum atomic E-state index is 13.2. The summed E-state index contributed by atoms with van der Waals surface area (Å²) in [4.78, 5) is 21.0. The fourth-order valence-electron chi connectivity index (χ4n) is 3.45. The van der Waals surface area contributed by atoms with E-state index in [2.05, 4.69) is 17.2 Å². The molecule has 0 radical (unpaired) electrons. The van der Waals surface area contributed by atoms with Gasteiger partial charge in [-0.1, -0.05) is 12.1 Å². The van der Waals surface area contributed by atoms with Crippen molar-refractivity contribution in [3.63, 3.8) is 0 Å². The van der Waals surface area contributed by atoms with Gasteiger partial charge in [-0.25, -0.2) is 4.98 Å². The van der Waals surface area contributed by atoms with Gasteiger partial charge in [0.2, 0.25) is 0 Å². The molecule has 7 nitrogen and oxygen atoms in total. The number of carbonyl (C=O) groups is 1. The summed E-state index contributed by atoms with van der Waals surface area (Å²) in [5.74, 6) is 0.449. The summed E-state index contributed by atoms with van der Waals surface area (Å²) in [6, 6.07) is 0. The molecule has 1 aliphatic rings. The highest BCUT2D eigenvalue weighted by molar-refractivity contribution is 7.16. The minimum Gasteiger partial charge on any atom is -0.361 e. The summed E-state index contributed by atoms with van der Waals surface area (Å²) in [6.45, 7) is 6.23. The van der Waals surface area contributed by atoms with Crippen molar-refractivity contribution in [3.8, 4) is 11.3 Å². The number of aromatic nitrogens is 4. The fraction of sp³-hybridized carbons (Fsp3) is 0.444. The third kappa shape index (κ3) is 2.56. The smallest absolute Gasteiger partial charge is 0.265 e. The molecule has 0 unspecified atom stereocenters. The first kappa shape index (κ1) is 17.0. The highest BCUT2D eigenvalue weighted by atomic mass is 32.1. The average Bonchev–Trinajstić information content (AvgIpc) is 3.29. The van der Waals surface area contributed by atoms with E-state index >= 15 is 0 Å². The zero-order valence-corrected chi connectivity index (χ0v) is 16.2. The van der Waals surface area contributed by atoms with Crippen molar-refractivity contribution in [2.24, 2.45) is 7.05 Å². The fourth-order valence-corrected chi connectivity index (χ4v) is 4.55. The molecule has 3 aromatic rings. The molecule has 1 amide bonds. The molecule has 8 heteroatoms. The van der Waals surface area contributed by atoms with E-state index in [1.807, 2.05) is 17.9 Å². The van der Waals surface area contributed by atoms with E-state index in [1.54, 1.807) is 30.1 Å². The number of thiazole rings is 1. The number of amides is 1. The van der Waals surface area contributed by atoms with Crippen molar-refractivity contribution >= 4 is 22.4 Å². The van der Waals surface area contributed by atoms with Crippen LogP contribution < -0.4 is 4.90 Å². The number of carbonyl (C=O) groups excluding carboxylic acids is 1. The second-order valence-electron chi connectivity index (χ2n) is 6.55. The number of hydrogen-bond acceptors (Lipinski definition) is 6. The van der Waals surface area contributed by atoms with Gasteiger partial charge in [-0.3, -0.25) is 14.4 Å². The Hall–Kier alpha value is -2.48. The Balaban J connectivity index is 1.76. The standard InChI is InChI=1S/C18H21N5O2S/c1-5-8-23(17(24)15-10(2)21-25-11(15)3)18-20-16-12-9-19-22(4)13(12)6-7-14(16)26-18/h9H,5-8H2,1-4H3. The van der Waals surface area contributed by atoms with Crippen LogP contribution in [0.15, 0.2) is 10.7 Å². The number of anilines is 1. The third-order valence-corrected chi connectivity index (χ3v) is 5.90. The molecule has 1 aliphatic carbocycles. The summed E-state index contributed by atoms with van der Waals surface area (Å²) < 4.78 is 7.10. The summed E-state index contributed by atoms with van der Waals surface area (Å²) in [5.41, 5.74) is 4.40. The Morgan fingerprint density at radius 3 is 2.88 bits per heavy atom. The van der Waals surface area contributed by atoms with Crippen LogP contribution in [0.1, 0.15) is 45.7 Å². The quantitative estimate of drug-likeness (QED) is 0.703. The molecule has 0 spiro atoms. The predicted molar refractivity (Wildman–Crippen MR) is 99.7 cm³/mol. The van der Waals surface area contributed by atoms with Crippen molar-refractivity contribution in [1.29, 1.82) is 0 Å². The second-order valence-corrected chi connectivity index (χ2v) is 7.61. The van der Waals surface area contributed by atoms with Crippen molar-refractivity contribution in [2.75, 3.05) is 11.4 Å². The van der Waals surface area contributed by atoms with Crippen molar-refractivity contribution in [2.45, 2.75) is 40.0 Å². The first-order valence-electron chi connectivity index (χ1n) is 8.77. The van der Waals surface area contributed by atoms with E-state index in [1.165, 1.54) is 10.6 Å². The highest BCUT2D eigenvalue weighted by Gasteiger charge is 2.29. The monoisotopic (exact) mass is 371 g/mol. The summed E-state index contributed by atoms with van der Waals surface area (Å²) >= 11 is 1.60. The van der Waals surface area contributed by atoms with Crippen LogP contribution in [-0.4, -0.2) is 32.4 Å². The minimum atomic E-state index is -0.0967. The molecule has 0 atom stereocenters. The molecule has 0 fully saturated rings. The lowest BCUT2D eigenvalue weighted by Crippen LogP contribution is -2.32. The topological polar surface area (TPSA) is 77.1 Å². The molecule has 0 aromatic carbocycles. The van der Waals surface area contributed by atoms with Gasteiger partial charge < -0.3 is 4.52 Å². The van der Waals surface area contributed by atoms with Crippen LogP contribution in [0.3, 0.4) is 0 Å². The molecule has 0 bridgehead atoms. The molecule has 0 aliphatic heterocycles. The van der Waals surface area contributed by atoms with Gasteiger partial charge in [0.1, 0.15) is 11.3 Å². The highest BCUT2D eigenvalue weighted by Crippen LogP contribution is 2.39. The predicted octanol–water partition coefficient (Wildman–Crippen LogP) is 3.30. The first-order valence-corrected chi connectivity index (χ1v) is 9.58. The van der Waals surface area contributed by atoms with E-state index in [4.69, 9.17) is 9.51 Å². The van der Waals surface area contributed by atoms with Crippen molar-refractivity contribution in [1.82, 2.24) is 19.9 Å². The van der Waals surface area contributed by atoms with E-state index < -0.39 is 0 Å². The van der Waals surface area contributed by atoms with Crippen LogP contribution in [0.4, 0.5) is 5.13 Å². The summed E-state index contributed by atoms with van der Waals surface area (Å²) in [7, 11) is 1.96. The molecule has 0 N–H and O–H groups in total. The first-order chi connectivity index (χ1) is 12.5. The maximum absolute atomic E-state index is 13.2. The number of aryl methyl sites for hydroxylation is 4. The number of hydrogen-bond donors (Lipinski definition) is 0. The number of rotatable bonds is 4. The zero-order valence-electron chi connectivity index (χ0n) is 15.4. The van der Waals surface area contributed by atoms with Crippen LogP contribution >= 0.6 is 11.3 Å². The zero-order chi connectivity index (χ0) is 18.4. The van der Waals surface area contributed by atoms with E-state index in [0.717, 1.165) is 35.7 Å². The summed E-state index contributed by atoms with van der Waals surface area (Å²) in [5, 5.41) is 9.02. The van der Waals surface area contributed by atoms with Crippen molar-refractivity contribution in [3.05, 3.63) is 33.8 Å². The van der Waals surface area contributed by atoms with Crippen LogP contribution in [0.5, 0.6) is 0 Å². The van der Waals surface area contributed by atoms with E-state index in [9.17, 15) is 4.79 Å². The van der Waals surface area contributed by atoms with Gasteiger partial charge in [0.15, 0.2) is 5.13 Å². The SMILES string of the molecule is CCCN(C(=O)c1c(C)noc1C)c1nc2c(s1)CCc1c-2cnn1C. The molecule has 0 saturated heterocycles. The molecular formula is C18H21N5O2S. The Morgan fingerprint density at radius 1 is 1.38 bits per heavy atom. The van der Waals surface area contributed by atoms with Gasteiger partial charge >= 0.3 is 0 Å². The summed E-state index contributed by atoms with van der Waals surface area (Å²) in [6.07, 6.45) is 4.60. The lowest BCUT2D eigenvalue weighted by molar-refractivity contribution is 0.0985. The number of fused-ring (bicyclic) bond motifs is 3. The number of nitrogens with zero attached hydrogens (tertiary/aromatic N) is 5. The molecular weight excluding hydrogens is 350 g/mol. The van der Waals surface area contributed by atoms with Gasteiger partial charge in [-0.05, 0) is 33.1 Å². The normalized spacial score (nSPS) is 12.8. The van der Waals surface area contributed by atoms with Crippen LogP contribution in [0, 0.1) is 13.8 Å². The lowest BCUT2D eigenvalue weighted by Gasteiger charge is -2.18. The second kappa shape index (κ2) is 6.35. The van der Waals surface area contributed by atoms with Crippen LogP contribution in [-0.2, 0) is 19.9 Å². The Bertz CT molecular complexity index is 965. The van der Waals surface area contributed by atoms with Gasteiger partial charge in [-0.2, -0.15) is 5.10 Å². The van der Waals surface area contributed by atoms with Gasteiger partial charge in [0.05, 0.1) is 17.6 Å². The molecule has 3 aromatic heterocycles. The maximum Gasteiger partial charge on any atom is 0.265 e. The minimum absolute atomic E-state index is 0.0967. The Morgan fingerprint density at radius 2 is 2.19 bits per heavy atom. The Kier molecular flexibility index (Phi) is 4.14. The lowest BCUT2D eigenvalue weighted by atomic mass is 10.0. The van der Waals surface area contributed by atoms with Gasteiger partial charge in [0.25, 0.3) is 5.91 Å². The van der Waals surface area contributed by atoms with Gasteiger partial charge in [-0.15, -0.1) is 11.3 Å². The molecule has 3 heterocycles.